The van der Waals surface area contributed by atoms with E-state index in [1.54, 1.807) is 0 Å². The second-order valence-corrected chi connectivity index (χ2v) is 8.90. The van der Waals surface area contributed by atoms with E-state index in [2.05, 4.69) is 10.2 Å². The zero-order valence-electron chi connectivity index (χ0n) is 17.0. The Kier molecular flexibility index (Phi) is 3.44. The normalized spacial score (nSPS) is 32.0. The van der Waals surface area contributed by atoms with Gasteiger partial charge in [0.2, 0.25) is 17.7 Å². The maximum atomic E-state index is 13.9. The fourth-order valence-electron chi connectivity index (χ4n) is 6.37. The van der Waals surface area contributed by atoms with Crippen LogP contribution in [0.5, 0.6) is 0 Å². The summed E-state index contributed by atoms with van der Waals surface area (Å²) < 4.78 is 0. The number of nitrogens with one attached hydrogen (secondary N) is 1. The van der Waals surface area contributed by atoms with Gasteiger partial charge < -0.3 is 5.32 Å². The Bertz CT molecular complexity index is 1140. The molecule has 0 bridgehead atoms. The quantitative estimate of drug-likeness (QED) is 0.746. The molecule has 0 aliphatic carbocycles. The van der Waals surface area contributed by atoms with Crippen LogP contribution in [0.1, 0.15) is 29.5 Å². The number of hydrogen-bond donors (Lipinski definition) is 1. The molecular weight excluding hydrogens is 378 g/mol. The lowest BCUT2D eigenvalue weighted by Gasteiger charge is -2.36. The number of benzene rings is 2. The Labute approximate surface area is 174 Å². The van der Waals surface area contributed by atoms with Crippen molar-refractivity contribution in [2.45, 2.75) is 38.3 Å². The first-order valence-corrected chi connectivity index (χ1v) is 10.6. The topological polar surface area (TPSA) is 69.7 Å². The van der Waals surface area contributed by atoms with Crippen LogP contribution in [0.2, 0.25) is 0 Å². The predicted molar refractivity (Wildman–Crippen MR) is 112 cm³/mol. The summed E-state index contributed by atoms with van der Waals surface area (Å²) >= 11 is 0. The Morgan fingerprint density at radius 1 is 1.00 bits per heavy atom. The van der Waals surface area contributed by atoms with Crippen LogP contribution in [0.3, 0.4) is 0 Å². The van der Waals surface area contributed by atoms with E-state index in [0.29, 0.717) is 5.69 Å². The van der Waals surface area contributed by atoms with E-state index in [1.165, 1.54) is 4.90 Å². The van der Waals surface area contributed by atoms with Crippen LogP contribution in [0.15, 0.2) is 42.5 Å². The van der Waals surface area contributed by atoms with Crippen LogP contribution < -0.4 is 10.2 Å². The van der Waals surface area contributed by atoms with Crippen LogP contribution in [-0.2, 0) is 19.9 Å². The smallest absolute Gasteiger partial charge is 0.250 e. The molecule has 30 heavy (non-hydrogen) atoms. The minimum Gasteiger partial charge on any atom is -0.324 e. The van der Waals surface area contributed by atoms with Gasteiger partial charge in [0.25, 0.3) is 0 Å². The number of para-hydroxylation sites is 1. The monoisotopic (exact) mass is 401 g/mol. The number of aryl methyl sites for hydroxylation is 1. The molecule has 6 heteroatoms. The lowest BCUT2D eigenvalue weighted by molar-refractivity contribution is -0.135. The molecule has 4 aliphatic heterocycles. The molecule has 4 aliphatic rings. The van der Waals surface area contributed by atoms with E-state index in [1.807, 2.05) is 56.3 Å². The maximum Gasteiger partial charge on any atom is 0.250 e. The van der Waals surface area contributed by atoms with Gasteiger partial charge in [-0.2, -0.15) is 0 Å². The standard InChI is InChI=1S/C24H23N3O3/c1-13-7-5-10-17(14(13)2)27-21(28)19-18-11-6-12-26(18)24(20(19)22(27)29)15-8-3-4-9-16(15)25-23(24)30/h3-5,7-10,18-20H,6,11-12H2,1-2H3,(H,25,30). The molecule has 6 rings (SSSR count). The van der Waals surface area contributed by atoms with Gasteiger partial charge in [-0.05, 0) is 56.5 Å². The summed E-state index contributed by atoms with van der Waals surface area (Å²) in [6, 6.07) is 13.2. The molecule has 6 nitrogen and oxygen atoms in total. The summed E-state index contributed by atoms with van der Waals surface area (Å²) in [6.07, 6.45) is 1.76. The first-order valence-electron chi connectivity index (χ1n) is 10.6. The molecule has 0 aromatic heterocycles. The molecule has 2 aromatic carbocycles. The minimum atomic E-state index is -1.10. The fourth-order valence-corrected chi connectivity index (χ4v) is 6.37. The van der Waals surface area contributed by atoms with Crippen LogP contribution in [-0.4, -0.2) is 35.2 Å². The summed E-state index contributed by atoms with van der Waals surface area (Å²) in [5, 5.41) is 3.00. The Morgan fingerprint density at radius 3 is 2.63 bits per heavy atom. The van der Waals surface area contributed by atoms with E-state index in [-0.39, 0.29) is 23.8 Å². The summed E-state index contributed by atoms with van der Waals surface area (Å²) in [6.45, 7) is 4.64. The molecule has 4 unspecified atom stereocenters. The van der Waals surface area contributed by atoms with Crippen molar-refractivity contribution in [2.75, 3.05) is 16.8 Å². The number of rotatable bonds is 1. The van der Waals surface area contributed by atoms with Crippen LogP contribution in [0, 0.1) is 25.7 Å². The van der Waals surface area contributed by atoms with Crippen molar-refractivity contribution in [3.63, 3.8) is 0 Å². The van der Waals surface area contributed by atoms with Crippen LogP contribution in [0.25, 0.3) is 0 Å². The van der Waals surface area contributed by atoms with Crippen molar-refractivity contribution < 1.29 is 14.4 Å². The average molecular weight is 401 g/mol. The molecule has 4 atom stereocenters. The lowest BCUT2D eigenvalue weighted by atomic mass is 9.75. The fraction of sp³-hybridized carbons (Fsp3) is 0.375. The third-order valence-corrected chi connectivity index (χ3v) is 7.72. The first kappa shape index (κ1) is 17.8. The maximum absolute atomic E-state index is 13.9. The zero-order valence-corrected chi connectivity index (χ0v) is 17.0. The van der Waals surface area contributed by atoms with Gasteiger partial charge in [-0.1, -0.05) is 30.3 Å². The summed E-state index contributed by atoms with van der Waals surface area (Å²) in [4.78, 5) is 44.7. The molecule has 1 spiro atoms. The van der Waals surface area contributed by atoms with E-state index in [9.17, 15) is 14.4 Å². The number of anilines is 2. The first-order chi connectivity index (χ1) is 14.5. The Balaban J connectivity index is 1.57. The molecule has 0 radical (unpaired) electrons. The van der Waals surface area contributed by atoms with Gasteiger partial charge in [0, 0.05) is 17.3 Å². The summed E-state index contributed by atoms with van der Waals surface area (Å²) in [5.41, 5.74) is 3.09. The van der Waals surface area contributed by atoms with Crippen LogP contribution in [0.4, 0.5) is 11.4 Å². The minimum absolute atomic E-state index is 0.0847. The molecular formula is C24H23N3O3. The van der Waals surface area contributed by atoms with Gasteiger partial charge in [0.05, 0.1) is 17.5 Å². The number of hydrogen-bond acceptors (Lipinski definition) is 4. The third-order valence-electron chi connectivity index (χ3n) is 7.72. The number of carbonyl (C=O) groups is 3. The SMILES string of the molecule is Cc1cccc(N2C(=O)C3C4CCCN4C4(C(=O)Nc5ccccc54)C3C2=O)c1C. The lowest BCUT2D eigenvalue weighted by Crippen LogP contribution is -2.54. The summed E-state index contributed by atoms with van der Waals surface area (Å²) in [5.74, 6) is -1.77. The van der Waals surface area contributed by atoms with Gasteiger partial charge in [0.1, 0.15) is 5.54 Å². The van der Waals surface area contributed by atoms with Crippen molar-refractivity contribution in [1.82, 2.24) is 4.90 Å². The van der Waals surface area contributed by atoms with E-state index in [4.69, 9.17) is 0 Å². The number of nitrogens with zero attached hydrogens (tertiary/aromatic N) is 2. The van der Waals surface area contributed by atoms with E-state index in [0.717, 1.165) is 41.8 Å². The van der Waals surface area contributed by atoms with E-state index < -0.39 is 17.4 Å². The van der Waals surface area contributed by atoms with Crippen molar-refractivity contribution in [2.24, 2.45) is 11.8 Å². The Hall–Kier alpha value is -2.99. The van der Waals surface area contributed by atoms with E-state index >= 15 is 0 Å². The Morgan fingerprint density at radius 2 is 1.80 bits per heavy atom. The molecule has 3 fully saturated rings. The molecule has 3 saturated heterocycles. The van der Waals surface area contributed by atoms with Gasteiger partial charge >= 0.3 is 0 Å². The molecule has 0 saturated carbocycles. The average Bonchev–Trinajstić information content (AvgIpc) is 3.43. The van der Waals surface area contributed by atoms with Gasteiger partial charge in [-0.3, -0.25) is 19.3 Å². The number of amides is 3. The van der Waals surface area contributed by atoms with Crippen molar-refractivity contribution in [3.05, 3.63) is 59.2 Å². The van der Waals surface area contributed by atoms with Crippen LogP contribution >= 0.6 is 0 Å². The highest BCUT2D eigenvalue weighted by Crippen LogP contribution is 2.60. The molecule has 4 heterocycles. The molecule has 2 aromatic rings. The van der Waals surface area contributed by atoms with Crippen molar-refractivity contribution in [3.8, 4) is 0 Å². The highest BCUT2D eigenvalue weighted by molar-refractivity contribution is 6.26. The van der Waals surface area contributed by atoms with Gasteiger partial charge in [0.15, 0.2) is 0 Å². The number of fused-ring (bicyclic) bond motifs is 7. The largest absolute Gasteiger partial charge is 0.324 e. The molecule has 1 N–H and O–H groups in total. The zero-order chi connectivity index (χ0) is 20.8. The second-order valence-electron chi connectivity index (χ2n) is 8.90. The number of carbonyl (C=O) groups excluding carboxylic acids is 3. The van der Waals surface area contributed by atoms with Gasteiger partial charge in [-0.15, -0.1) is 0 Å². The van der Waals surface area contributed by atoms with Gasteiger partial charge in [-0.25, -0.2) is 4.90 Å². The van der Waals surface area contributed by atoms with Crippen molar-refractivity contribution in [1.29, 1.82) is 0 Å². The molecule has 3 amide bonds. The second kappa shape index (κ2) is 5.79. The highest BCUT2D eigenvalue weighted by atomic mass is 16.2. The summed E-state index contributed by atoms with van der Waals surface area (Å²) in [7, 11) is 0. The highest BCUT2D eigenvalue weighted by Gasteiger charge is 2.74. The molecule has 152 valence electrons. The predicted octanol–water partition coefficient (Wildman–Crippen LogP) is 2.73. The third kappa shape index (κ3) is 1.86. The number of imide groups is 1. The van der Waals surface area contributed by atoms with Crippen molar-refractivity contribution >= 4 is 29.1 Å².